The van der Waals surface area contributed by atoms with E-state index >= 15 is 0 Å². The second-order valence-electron chi connectivity index (χ2n) is 3.70. The van der Waals surface area contributed by atoms with E-state index in [-0.39, 0.29) is 23.5 Å². The van der Waals surface area contributed by atoms with Gasteiger partial charge in [-0.3, -0.25) is 4.79 Å². The van der Waals surface area contributed by atoms with E-state index in [4.69, 9.17) is 11.6 Å². The third-order valence-corrected chi connectivity index (χ3v) is 5.00. The van der Waals surface area contributed by atoms with Crippen LogP contribution < -0.4 is 0 Å². The second-order valence-corrected chi connectivity index (χ2v) is 6.17. The molecule has 0 spiro atoms. The first-order valence-corrected chi connectivity index (χ1v) is 7.27. The number of sulfonamides is 1. The first kappa shape index (κ1) is 13.7. The normalized spacial score (nSPS) is 19.6. The molecule has 16 heavy (non-hydrogen) atoms. The Balaban J connectivity index is 2.52. The number of hydrogen-bond donors (Lipinski definition) is 0. The van der Waals surface area contributed by atoms with Crippen LogP contribution in [-0.4, -0.2) is 50.5 Å². The summed E-state index contributed by atoms with van der Waals surface area (Å²) >= 11 is 5.43. The van der Waals surface area contributed by atoms with Crippen LogP contribution >= 0.6 is 11.6 Å². The second kappa shape index (κ2) is 5.84. The first-order chi connectivity index (χ1) is 7.51. The van der Waals surface area contributed by atoms with Gasteiger partial charge >= 0.3 is 5.97 Å². The minimum Gasteiger partial charge on any atom is -0.469 e. The highest BCUT2D eigenvalue weighted by Gasteiger charge is 2.30. The third-order valence-electron chi connectivity index (χ3n) is 2.72. The van der Waals surface area contributed by atoms with Crippen molar-refractivity contribution >= 4 is 27.6 Å². The number of alkyl halides is 1. The quantitative estimate of drug-likeness (QED) is 0.549. The highest BCUT2D eigenvalue weighted by atomic mass is 35.5. The van der Waals surface area contributed by atoms with Gasteiger partial charge in [0.25, 0.3) is 0 Å². The molecule has 0 aromatic carbocycles. The molecule has 7 heteroatoms. The van der Waals surface area contributed by atoms with E-state index in [0.717, 1.165) is 0 Å². The van der Waals surface area contributed by atoms with Gasteiger partial charge in [-0.05, 0) is 12.8 Å². The average molecular weight is 270 g/mol. The van der Waals surface area contributed by atoms with E-state index in [1.165, 1.54) is 11.4 Å². The molecule has 0 bridgehead atoms. The summed E-state index contributed by atoms with van der Waals surface area (Å²) < 4.78 is 29.3. The van der Waals surface area contributed by atoms with Gasteiger partial charge < -0.3 is 4.74 Å². The number of rotatable bonds is 4. The third kappa shape index (κ3) is 3.33. The lowest BCUT2D eigenvalue weighted by molar-refractivity contribution is -0.146. The van der Waals surface area contributed by atoms with Crippen molar-refractivity contribution in [2.45, 2.75) is 12.8 Å². The lowest BCUT2D eigenvalue weighted by Crippen LogP contribution is -2.41. The number of carbonyl (C=O) groups is 1. The molecule has 1 saturated heterocycles. The zero-order valence-corrected chi connectivity index (χ0v) is 10.8. The molecule has 0 aliphatic carbocycles. The van der Waals surface area contributed by atoms with Crippen LogP contribution in [-0.2, 0) is 19.6 Å². The average Bonchev–Trinajstić information content (AvgIpc) is 2.28. The predicted molar refractivity (Wildman–Crippen MR) is 60.8 cm³/mol. The highest BCUT2D eigenvalue weighted by Crippen LogP contribution is 2.20. The molecule has 0 aromatic heterocycles. The van der Waals surface area contributed by atoms with Crippen molar-refractivity contribution in [1.29, 1.82) is 0 Å². The molecule has 1 fully saturated rings. The van der Waals surface area contributed by atoms with E-state index < -0.39 is 10.0 Å². The van der Waals surface area contributed by atoms with Crippen molar-refractivity contribution in [2.24, 2.45) is 5.92 Å². The minimum atomic E-state index is -3.24. The van der Waals surface area contributed by atoms with Gasteiger partial charge in [0.15, 0.2) is 0 Å². The summed E-state index contributed by atoms with van der Waals surface area (Å²) in [5, 5.41) is 0. The molecule has 0 amide bonds. The van der Waals surface area contributed by atoms with E-state index in [9.17, 15) is 13.2 Å². The molecule has 5 nitrogen and oxygen atoms in total. The Bertz CT molecular complexity index is 335. The molecule has 0 atom stereocenters. The zero-order valence-electron chi connectivity index (χ0n) is 9.19. The molecule has 94 valence electrons. The van der Waals surface area contributed by atoms with Gasteiger partial charge in [0.2, 0.25) is 10.0 Å². The van der Waals surface area contributed by atoms with Gasteiger partial charge in [-0.1, -0.05) is 0 Å². The molecule has 0 unspecified atom stereocenters. The number of carbonyl (C=O) groups excluding carboxylic acids is 1. The van der Waals surface area contributed by atoms with Crippen molar-refractivity contribution in [1.82, 2.24) is 4.31 Å². The van der Waals surface area contributed by atoms with Gasteiger partial charge in [0.1, 0.15) is 0 Å². The number of hydrogen-bond acceptors (Lipinski definition) is 4. The topological polar surface area (TPSA) is 63.7 Å². The summed E-state index contributed by atoms with van der Waals surface area (Å²) in [5.41, 5.74) is 0. The van der Waals surface area contributed by atoms with Crippen LogP contribution in [0.5, 0.6) is 0 Å². The summed E-state index contributed by atoms with van der Waals surface area (Å²) in [7, 11) is -1.89. The molecule has 0 saturated carbocycles. The Labute approximate surface area is 101 Å². The van der Waals surface area contributed by atoms with Crippen LogP contribution in [0.2, 0.25) is 0 Å². The molecule has 1 heterocycles. The van der Waals surface area contributed by atoms with E-state index in [2.05, 4.69) is 4.74 Å². The fourth-order valence-electron chi connectivity index (χ4n) is 1.76. The van der Waals surface area contributed by atoms with E-state index in [1.807, 2.05) is 0 Å². The van der Waals surface area contributed by atoms with Gasteiger partial charge in [-0.15, -0.1) is 11.6 Å². The Morgan fingerprint density at radius 3 is 2.44 bits per heavy atom. The number of ether oxygens (including phenoxy) is 1. The van der Waals surface area contributed by atoms with Crippen LogP contribution in [0.25, 0.3) is 0 Å². The number of piperidine rings is 1. The van der Waals surface area contributed by atoms with Gasteiger partial charge in [0, 0.05) is 19.0 Å². The maximum Gasteiger partial charge on any atom is 0.308 e. The molecule has 0 aromatic rings. The van der Waals surface area contributed by atoms with Crippen LogP contribution in [0.1, 0.15) is 12.8 Å². The molecule has 0 N–H and O–H groups in total. The molecule has 1 rings (SSSR count). The van der Waals surface area contributed by atoms with Crippen molar-refractivity contribution in [2.75, 3.05) is 31.8 Å². The Kier molecular flexibility index (Phi) is 5.01. The van der Waals surface area contributed by atoms with Crippen molar-refractivity contribution in [3.05, 3.63) is 0 Å². The van der Waals surface area contributed by atoms with Crippen LogP contribution in [0.15, 0.2) is 0 Å². The number of nitrogens with zero attached hydrogens (tertiary/aromatic N) is 1. The standard InChI is InChI=1S/C9H16ClNO4S/c1-15-9(12)8-2-5-11(6-3-8)16(13,14)7-4-10/h8H,2-7H2,1H3. The number of methoxy groups -OCH3 is 1. The summed E-state index contributed by atoms with van der Waals surface area (Å²) in [5.74, 6) is -0.377. The maximum atomic E-state index is 11.7. The fourth-order valence-corrected chi connectivity index (χ4v) is 3.57. The highest BCUT2D eigenvalue weighted by molar-refractivity contribution is 7.89. The van der Waals surface area contributed by atoms with E-state index in [1.54, 1.807) is 0 Å². The van der Waals surface area contributed by atoms with Crippen molar-refractivity contribution in [3.63, 3.8) is 0 Å². The van der Waals surface area contributed by atoms with Gasteiger partial charge in [0.05, 0.1) is 18.8 Å². The molecular formula is C9H16ClNO4S. The largest absolute Gasteiger partial charge is 0.469 e. The lowest BCUT2D eigenvalue weighted by Gasteiger charge is -2.29. The minimum absolute atomic E-state index is 0.0442. The SMILES string of the molecule is COC(=O)C1CCN(S(=O)(=O)CCCl)CC1. The Morgan fingerprint density at radius 1 is 1.44 bits per heavy atom. The molecular weight excluding hydrogens is 254 g/mol. The predicted octanol–water partition coefficient (Wildman–Crippen LogP) is 0.440. The van der Waals surface area contributed by atoms with Crippen LogP contribution in [0.3, 0.4) is 0 Å². The number of esters is 1. The number of halogens is 1. The van der Waals surface area contributed by atoms with Crippen molar-refractivity contribution < 1.29 is 17.9 Å². The smallest absolute Gasteiger partial charge is 0.308 e. The summed E-state index contributed by atoms with van der Waals surface area (Å²) in [6.07, 6.45) is 1.04. The summed E-state index contributed by atoms with van der Waals surface area (Å²) in [6, 6.07) is 0. The summed E-state index contributed by atoms with van der Waals surface area (Å²) in [6.45, 7) is 0.748. The molecule has 1 aliphatic rings. The van der Waals surface area contributed by atoms with Crippen LogP contribution in [0.4, 0.5) is 0 Å². The fraction of sp³-hybridized carbons (Fsp3) is 0.889. The van der Waals surface area contributed by atoms with Gasteiger partial charge in [-0.25, -0.2) is 12.7 Å². The monoisotopic (exact) mass is 269 g/mol. The first-order valence-electron chi connectivity index (χ1n) is 5.13. The van der Waals surface area contributed by atoms with Gasteiger partial charge in [-0.2, -0.15) is 0 Å². The molecule has 1 aliphatic heterocycles. The summed E-state index contributed by atoms with van der Waals surface area (Å²) in [4.78, 5) is 11.2. The molecule has 0 radical (unpaired) electrons. The van der Waals surface area contributed by atoms with Crippen LogP contribution in [0, 0.1) is 5.92 Å². The maximum absolute atomic E-state index is 11.7. The Morgan fingerprint density at radius 2 is 2.00 bits per heavy atom. The Hall–Kier alpha value is -0.330. The van der Waals surface area contributed by atoms with E-state index in [0.29, 0.717) is 25.9 Å². The lowest BCUT2D eigenvalue weighted by atomic mass is 9.99. The zero-order chi connectivity index (χ0) is 12.2. The van der Waals surface area contributed by atoms with Crippen molar-refractivity contribution in [3.8, 4) is 0 Å².